The van der Waals surface area contributed by atoms with E-state index < -0.39 is 0 Å². The highest BCUT2D eigenvalue weighted by Crippen LogP contribution is 2.08. The molecule has 0 saturated carbocycles. The van der Waals surface area contributed by atoms with Gasteiger partial charge in [-0.25, -0.2) is 9.97 Å². The molecule has 0 fully saturated rings. The van der Waals surface area contributed by atoms with Crippen LogP contribution >= 0.6 is 0 Å². The molecule has 2 aromatic rings. The van der Waals surface area contributed by atoms with E-state index in [0.717, 1.165) is 25.2 Å². The van der Waals surface area contributed by atoms with Crippen molar-refractivity contribution in [2.24, 2.45) is 0 Å². The van der Waals surface area contributed by atoms with Crippen LogP contribution in [0.25, 0.3) is 0 Å². The molecule has 1 aromatic carbocycles. The lowest BCUT2D eigenvalue weighted by molar-refractivity contribution is 0.0946. The third kappa shape index (κ3) is 4.75. The lowest BCUT2D eigenvalue weighted by atomic mass is 10.1. The van der Waals surface area contributed by atoms with Gasteiger partial charge in [0.15, 0.2) is 11.5 Å². The smallest absolute Gasteiger partial charge is 0.273 e. The summed E-state index contributed by atoms with van der Waals surface area (Å²) >= 11 is 0. The van der Waals surface area contributed by atoms with E-state index in [2.05, 4.69) is 46.2 Å². The molecule has 3 N–H and O–H groups in total. The Labute approximate surface area is 136 Å². The van der Waals surface area contributed by atoms with Gasteiger partial charge in [-0.3, -0.25) is 9.69 Å². The van der Waals surface area contributed by atoms with Gasteiger partial charge in [-0.05, 0) is 24.2 Å². The molecule has 0 atom stereocenters. The fourth-order valence-electron chi connectivity index (χ4n) is 2.26. The molecule has 122 valence electrons. The highest BCUT2D eigenvalue weighted by molar-refractivity contribution is 5.96. The van der Waals surface area contributed by atoms with Crippen LogP contribution in [0.2, 0.25) is 0 Å². The maximum absolute atomic E-state index is 12.0. The van der Waals surface area contributed by atoms with E-state index in [1.165, 1.54) is 18.0 Å². The maximum atomic E-state index is 12.0. The molecule has 0 unspecified atom stereocenters. The van der Waals surface area contributed by atoms with Gasteiger partial charge in [-0.2, -0.15) is 0 Å². The molecule has 6 nitrogen and oxygen atoms in total. The van der Waals surface area contributed by atoms with Crippen LogP contribution in [0.1, 0.15) is 35.5 Å². The first-order valence-corrected chi connectivity index (χ1v) is 7.78. The molecule has 0 aliphatic carbocycles. The van der Waals surface area contributed by atoms with Crippen LogP contribution in [0.5, 0.6) is 0 Å². The minimum atomic E-state index is -0.317. The first kappa shape index (κ1) is 16.9. The second kappa shape index (κ2) is 8.24. The summed E-state index contributed by atoms with van der Waals surface area (Å²) in [6.07, 6.45) is 2.91. The van der Waals surface area contributed by atoms with Gasteiger partial charge in [0.2, 0.25) is 0 Å². The summed E-state index contributed by atoms with van der Waals surface area (Å²) in [4.78, 5) is 22.2. The monoisotopic (exact) mass is 313 g/mol. The number of hydrogen-bond acceptors (Lipinski definition) is 5. The molecule has 6 heteroatoms. The topological polar surface area (TPSA) is 84.1 Å². The Bertz CT molecular complexity index is 638. The number of carbonyl (C=O) groups is 1. The summed E-state index contributed by atoms with van der Waals surface area (Å²) in [5.74, 6) is -0.178. The second-order valence-electron chi connectivity index (χ2n) is 5.25. The number of benzene rings is 1. The van der Waals surface area contributed by atoms with Crippen molar-refractivity contribution in [2.45, 2.75) is 26.9 Å². The Morgan fingerprint density at radius 3 is 2.30 bits per heavy atom. The van der Waals surface area contributed by atoms with Crippen LogP contribution in [-0.2, 0) is 13.1 Å². The van der Waals surface area contributed by atoms with Gasteiger partial charge in [-0.1, -0.05) is 38.1 Å². The molecule has 0 spiro atoms. The van der Waals surface area contributed by atoms with Crippen LogP contribution in [0, 0.1) is 0 Å². The SMILES string of the molecule is CCN(CC)Cc1ccc(CNC(=O)c2nccnc2N)cc1. The van der Waals surface area contributed by atoms with Crippen molar-refractivity contribution in [2.75, 3.05) is 18.8 Å². The number of nitrogens with zero attached hydrogens (tertiary/aromatic N) is 3. The minimum Gasteiger partial charge on any atom is -0.382 e. The van der Waals surface area contributed by atoms with E-state index in [1.807, 2.05) is 12.1 Å². The number of rotatable bonds is 7. The van der Waals surface area contributed by atoms with Crippen molar-refractivity contribution in [3.8, 4) is 0 Å². The van der Waals surface area contributed by atoms with Gasteiger partial charge in [0.1, 0.15) is 0 Å². The molecular formula is C17H23N5O. The molecule has 23 heavy (non-hydrogen) atoms. The molecule has 0 aliphatic rings. The highest BCUT2D eigenvalue weighted by Gasteiger charge is 2.11. The molecule has 1 heterocycles. The predicted octanol–water partition coefficient (Wildman–Crippen LogP) is 1.83. The summed E-state index contributed by atoms with van der Waals surface area (Å²) in [5, 5.41) is 2.81. The number of nitrogens with one attached hydrogen (secondary N) is 1. The van der Waals surface area contributed by atoms with Gasteiger partial charge in [0.05, 0.1) is 0 Å². The highest BCUT2D eigenvalue weighted by atomic mass is 16.1. The summed E-state index contributed by atoms with van der Waals surface area (Å²) in [6, 6.07) is 8.24. The minimum absolute atomic E-state index is 0.138. The Morgan fingerprint density at radius 2 is 1.70 bits per heavy atom. The summed E-state index contributed by atoms with van der Waals surface area (Å²) < 4.78 is 0. The van der Waals surface area contributed by atoms with Crippen molar-refractivity contribution in [3.63, 3.8) is 0 Å². The molecular weight excluding hydrogens is 290 g/mol. The Balaban J connectivity index is 1.91. The maximum Gasteiger partial charge on any atom is 0.273 e. The summed E-state index contributed by atoms with van der Waals surface area (Å²) in [5.41, 5.74) is 8.10. The van der Waals surface area contributed by atoms with Gasteiger partial charge in [0.25, 0.3) is 5.91 Å². The van der Waals surface area contributed by atoms with E-state index in [4.69, 9.17) is 5.73 Å². The third-order valence-corrected chi connectivity index (χ3v) is 3.72. The Morgan fingerprint density at radius 1 is 1.09 bits per heavy atom. The fraction of sp³-hybridized carbons (Fsp3) is 0.353. The van der Waals surface area contributed by atoms with Crippen molar-refractivity contribution in [1.82, 2.24) is 20.2 Å². The average Bonchev–Trinajstić information content (AvgIpc) is 2.59. The third-order valence-electron chi connectivity index (χ3n) is 3.72. The van der Waals surface area contributed by atoms with Crippen LogP contribution < -0.4 is 11.1 Å². The number of nitrogens with two attached hydrogens (primary N) is 1. The Kier molecular flexibility index (Phi) is 6.05. The van der Waals surface area contributed by atoms with Gasteiger partial charge in [0, 0.05) is 25.5 Å². The van der Waals surface area contributed by atoms with E-state index in [-0.39, 0.29) is 17.4 Å². The largest absolute Gasteiger partial charge is 0.382 e. The normalized spacial score (nSPS) is 10.7. The lowest BCUT2D eigenvalue weighted by Crippen LogP contribution is -2.25. The van der Waals surface area contributed by atoms with Crippen molar-refractivity contribution >= 4 is 11.7 Å². The number of nitrogen functional groups attached to an aromatic ring is 1. The van der Waals surface area contributed by atoms with E-state index in [0.29, 0.717) is 6.54 Å². The average molecular weight is 313 g/mol. The number of aromatic nitrogens is 2. The van der Waals surface area contributed by atoms with Gasteiger partial charge in [-0.15, -0.1) is 0 Å². The summed E-state index contributed by atoms with van der Waals surface area (Å²) in [7, 11) is 0. The Hall–Kier alpha value is -2.47. The fourth-order valence-corrected chi connectivity index (χ4v) is 2.26. The van der Waals surface area contributed by atoms with E-state index in [1.54, 1.807) is 0 Å². The zero-order valence-electron chi connectivity index (χ0n) is 13.6. The predicted molar refractivity (Wildman–Crippen MR) is 90.7 cm³/mol. The number of anilines is 1. The standard InChI is InChI=1S/C17H23N5O/c1-3-22(4-2)12-14-7-5-13(6-8-14)11-21-17(23)15-16(18)20-10-9-19-15/h5-10H,3-4,11-12H2,1-2H3,(H2,18,20)(H,21,23). The van der Waals surface area contributed by atoms with E-state index >= 15 is 0 Å². The number of amides is 1. The number of carbonyl (C=O) groups excluding carboxylic acids is 1. The van der Waals surface area contributed by atoms with Gasteiger partial charge < -0.3 is 11.1 Å². The van der Waals surface area contributed by atoms with Crippen molar-refractivity contribution in [3.05, 3.63) is 53.5 Å². The van der Waals surface area contributed by atoms with Crippen LogP contribution in [0.3, 0.4) is 0 Å². The molecule has 0 saturated heterocycles. The molecule has 0 radical (unpaired) electrons. The van der Waals surface area contributed by atoms with Crippen LogP contribution in [-0.4, -0.2) is 33.9 Å². The zero-order valence-corrected chi connectivity index (χ0v) is 13.6. The molecule has 0 aliphatic heterocycles. The quantitative estimate of drug-likeness (QED) is 0.814. The molecule has 0 bridgehead atoms. The zero-order chi connectivity index (χ0) is 16.7. The van der Waals surface area contributed by atoms with Crippen LogP contribution in [0.15, 0.2) is 36.7 Å². The molecule has 2 rings (SSSR count). The summed E-state index contributed by atoms with van der Waals surface area (Å²) in [6.45, 7) is 7.76. The first-order valence-electron chi connectivity index (χ1n) is 7.78. The van der Waals surface area contributed by atoms with Crippen LogP contribution in [0.4, 0.5) is 5.82 Å². The molecule has 1 aromatic heterocycles. The first-order chi connectivity index (χ1) is 11.1. The van der Waals surface area contributed by atoms with Crippen molar-refractivity contribution in [1.29, 1.82) is 0 Å². The second-order valence-corrected chi connectivity index (χ2v) is 5.25. The van der Waals surface area contributed by atoms with E-state index in [9.17, 15) is 4.79 Å². The van der Waals surface area contributed by atoms with Gasteiger partial charge >= 0.3 is 0 Å². The lowest BCUT2D eigenvalue weighted by Gasteiger charge is -2.18. The van der Waals surface area contributed by atoms with Crippen molar-refractivity contribution < 1.29 is 4.79 Å². The molecule has 1 amide bonds. The number of hydrogen-bond donors (Lipinski definition) is 2.